The molecule has 9 heteroatoms. The number of amides is 4. The summed E-state index contributed by atoms with van der Waals surface area (Å²) in [6, 6.07) is 7.12. The lowest BCUT2D eigenvalue weighted by molar-refractivity contribution is -0.139. The summed E-state index contributed by atoms with van der Waals surface area (Å²) in [6.07, 6.45) is 0. The second-order valence-electron chi connectivity index (χ2n) is 11.5. The third-order valence-electron chi connectivity index (χ3n) is 7.01. The van der Waals surface area contributed by atoms with Gasteiger partial charge in [-0.1, -0.05) is 38.1 Å². The number of benzene rings is 1. The normalized spacial score (nSPS) is 21.0. The summed E-state index contributed by atoms with van der Waals surface area (Å²) in [5.74, 6) is -0.0440. The Morgan fingerprint density at radius 3 is 2.32 bits per heavy atom. The molecule has 3 rings (SSSR count). The third-order valence-corrected chi connectivity index (χ3v) is 7.01. The summed E-state index contributed by atoms with van der Waals surface area (Å²) in [4.78, 5) is 45.1. The van der Waals surface area contributed by atoms with E-state index >= 15 is 0 Å². The molecule has 9 nitrogen and oxygen atoms in total. The number of carbonyl (C=O) groups is 3. The van der Waals surface area contributed by atoms with E-state index in [1.807, 2.05) is 63.8 Å². The fourth-order valence-corrected chi connectivity index (χ4v) is 5.06. The topological polar surface area (TPSA) is 94.2 Å². The largest absolute Gasteiger partial charge is 0.463 e. The molecule has 0 radical (unpaired) electrons. The molecule has 1 fully saturated rings. The van der Waals surface area contributed by atoms with E-state index in [0.717, 1.165) is 5.56 Å². The van der Waals surface area contributed by atoms with Crippen molar-refractivity contribution in [3.63, 3.8) is 0 Å². The first-order valence-corrected chi connectivity index (χ1v) is 13.7. The first kappa shape index (κ1) is 29.5. The molecule has 1 aromatic rings. The molecule has 2 N–H and O–H groups in total. The van der Waals surface area contributed by atoms with Gasteiger partial charge < -0.3 is 20.3 Å². The molecular formula is C29H45N5O4. The van der Waals surface area contributed by atoms with E-state index in [1.165, 1.54) is 5.56 Å². The second kappa shape index (κ2) is 12.2. The fourth-order valence-electron chi connectivity index (χ4n) is 5.06. The fraction of sp³-hybridized carbons (Fsp3) is 0.621. The number of hydrogen-bond donors (Lipinski definition) is 2. The van der Waals surface area contributed by atoms with E-state index in [2.05, 4.69) is 29.4 Å². The van der Waals surface area contributed by atoms with Gasteiger partial charge in [0, 0.05) is 50.0 Å². The molecule has 0 aromatic heterocycles. The number of carbonyl (C=O) groups excluding carboxylic acids is 3. The highest BCUT2D eigenvalue weighted by atomic mass is 16.5. The van der Waals surface area contributed by atoms with E-state index in [1.54, 1.807) is 11.8 Å². The van der Waals surface area contributed by atoms with Crippen molar-refractivity contribution in [2.45, 2.75) is 78.9 Å². The summed E-state index contributed by atoms with van der Waals surface area (Å²) in [5.41, 5.74) is 2.84. The minimum Gasteiger partial charge on any atom is -0.463 e. The molecule has 1 saturated heterocycles. The molecule has 210 valence electrons. The molecule has 2 atom stereocenters. The van der Waals surface area contributed by atoms with Crippen LogP contribution < -0.4 is 10.6 Å². The zero-order valence-electron chi connectivity index (χ0n) is 24.3. The molecule has 38 heavy (non-hydrogen) atoms. The Morgan fingerprint density at radius 2 is 1.79 bits per heavy atom. The van der Waals surface area contributed by atoms with Crippen molar-refractivity contribution in [3.05, 3.63) is 46.7 Å². The van der Waals surface area contributed by atoms with E-state index in [0.29, 0.717) is 49.9 Å². The van der Waals surface area contributed by atoms with Crippen molar-refractivity contribution in [2.75, 3.05) is 39.3 Å². The summed E-state index contributed by atoms with van der Waals surface area (Å²) >= 11 is 0. The van der Waals surface area contributed by atoms with Gasteiger partial charge in [-0.3, -0.25) is 9.80 Å². The van der Waals surface area contributed by atoms with Crippen molar-refractivity contribution >= 4 is 18.0 Å². The molecule has 1 aromatic carbocycles. The van der Waals surface area contributed by atoms with Gasteiger partial charge in [0.1, 0.15) is 0 Å². The summed E-state index contributed by atoms with van der Waals surface area (Å²) in [5, 5.41) is 6.09. The Kier molecular flexibility index (Phi) is 9.46. The molecule has 2 heterocycles. The van der Waals surface area contributed by atoms with Crippen LogP contribution in [0.1, 0.15) is 78.5 Å². The first-order chi connectivity index (χ1) is 17.9. The SMILES string of the molecule is CCOC(=O)C1=C(CN2CCN(C(=O)NC(C)(C)C)[C@H](C)C2)N(CC)C(=O)N[C@H]1c1ccc(C(C)C)cc1. The van der Waals surface area contributed by atoms with Crippen LogP contribution in [0.3, 0.4) is 0 Å². The highest BCUT2D eigenvalue weighted by Gasteiger charge is 2.39. The van der Waals surface area contributed by atoms with Crippen molar-refractivity contribution in [3.8, 4) is 0 Å². The van der Waals surface area contributed by atoms with Gasteiger partial charge >= 0.3 is 18.0 Å². The Morgan fingerprint density at radius 1 is 1.13 bits per heavy atom. The highest BCUT2D eigenvalue weighted by molar-refractivity contribution is 5.95. The number of ether oxygens (including phenoxy) is 1. The van der Waals surface area contributed by atoms with Crippen molar-refractivity contribution < 1.29 is 19.1 Å². The molecule has 0 bridgehead atoms. The monoisotopic (exact) mass is 527 g/mol. The van der Waals surface area contributed by atoms with Gasteiger partial charge in [0.25, 0.3) is 0 Å². The van der Waals surface area contributed by atoms with Crippen LogP contribution in [0.5, 0.6) is 0 Å². The van der Waals surface area contributed by atoms with Crippen LogP contribution in [-0.2, 0) is 9.53 Å². The molecule has 2 aliphatic heterocycles. The first-order valence-electron chi connectivity index (χ1n) is 13.7. The van der Waals surface area contributed by atoms with E-state index in [9.17, 15) is 14.4 Å². The predicted molar refractivity (Wildman–Crippen MR) is 149 cm³/mol. The van der Waals surface area contributed by atoms with Crippen LogP contribution in [0.4, 0.5) is 9.59 Å². The average molecular weight is 528 g/mol. The number of nitrogens with one attached hydrogen (secondary N) is 2. The van der Waals surface area contributed by atoms with E-state index in [4.69, 9.17) is 4.74 Å². The third kappa shape index (κ3) is 6.87. The van der Waals surface area contributed by atoms with E-state index < -0.39 is 12.0 Å². The standard InChI is InChI=1S/C29H45N5O4/c1-9-33-23(18-32-15-16-34(20(5)17-32)28(37)31-29(6,7)8)24(26(35)38-10-2)25(30-27(33)36)22-13-11-21(12-14-22)19(3)4/h11-14,19-20,25H,9-10,15-18H2,1-8H3,(H,30,36)(H,31,37)/t20-,25+/m1/s1. The maximum Gasteiger partial charge on any atom is 0.338 e. The number of urea groups is 2. The number of piperazine rings is 1. The maximum absolute atomic E-state index is 13.4. The predicted octanol–water partition coefficient (Wildman–Crippen LogP) is 4.23. The number of hydrogen-bond acceptors (Lipinski definition) is 5. The maximum atomic E-state index is 13.4. The van der Waals surface area contributed by atoms with E-state index in [-0.39, 0.29) is 30.2 Å². The van der Waals surface area contributed by atoms with Crippen molar-refractivity contribution in [2.24, 2.45) is 0 Å². The Balaban J connectivity index is 1.93. The molecule has 4 amide bonds. The lowest BCUT2D eigenvalue weighted by atomic mass is 9.92. The van der Waals surface area contributed by atoms with Crippen LogP contribution >= 0.6 is 0 Å². The molecular weight excluding hydrogens is 482 g/mol. The minimum atomic E-state index is -0.600. The quantitative estimate of drug-likeness (QED) is 0.518. The number of likely N-dealkylation sites (N-methyl/N-ethyl adjacent to an activating group) is 1. The van der Waals surface area contributed by atoms with Gasteiger partial charge in [-0.2, -0.15) is 0 Å². The van der Waals surface area contributed by atoms with Crippen LogP contribution in [0.2, 0.25) is 0 Å². The Hall–Kier alpha value is -3.07. The second-order valence-corrected chi connectivity index (χ2v) is 11.5. The van der Waals surface area contributed by atoms with Crippen LogP contribution in [0, 0.1) is 0 Å². The van der Waals surface area contributed by atoms with Gasteiger partial charge in [-0.15, -0.1) is 0 Å². The summed E-state index contributed by atoms with van der Waals surface area (Å²) in [7, 11) is 0. The summed E-state index contributed by atoms with van der Waals surface area (Å²) < 4.78 is 5.50. The van der Waals surface area contributed by atoms with Crippen molar-refractivity contribution in [1.82, 2.24) is 25.3 Å². The summed E-state index contributed by atoms with van der Waals surface area (Å²) in [6.45, 7) is 18.8. The van der Waals surface area contributed by atoms with Gasteiger partial charge in [0.2, 0.25) is 0 Å². The van der Waals surface area contributed by atoms with Gasteiger partial charge in [0.15, 0.2) is 0 Å². The number of esters is 1. The number of rotatable bonds is 7. The Labute approximate surface area is 227 Å². The minimum absolute atomic E-state index is 0.0235. The molecule has 0 saturated carbocycles. The lowest BCUT2D eigenvalue weighted by Gasteiger charge is -2.43. The zero-order chi connectivity index (χ0) is 28.2. The Bertz CT molecular complexity index is 1040. The van der Waals surface area contributed by atoms with Crippen LogP contribution in [-0.4, -0.2) is 83.6 Å². The lowest BCUT2D eigenvalue weighted by Crippen LogP contribution is -2.59. The van der Waals surface area contributed by atoms with Crippen molar-refractivity contribution in [1.29, 1.82) is 0 Å². The highest BCUT2D eigenvalue weighted by Crippen LogP contribution is 2.33. The smallest absolute Gasteiger partial charge is 0.338 e. The molecule has 0 spiro atoms. The van der Waals surface area contributed by atoms with Crippen LogP contribution in [0.25, 0.3) is 0 Å². The van der Waals surface area contributed by atoms with Crippen LogP contribution in [0.15, 0.2) is 35.5 Å². The molecule has 2 aliphatic rings. The number of nitrogens with zero attached hydrogens (tertiary/aromatic N) is 3. The zero-order valence-corrected chi connectivity index (χ0v) is 24.3. The van der Waals surface area contributed by atoms with Gasteiger partial charge in [0.05, 0.1) is 18.2 Å². The molecule has 0 aliphatic carbocycles. The van der Waals surface area contributed by atoms with Gasteiger partial charge in [-0.25, -0.2) is 14.4 Å². The average Bonchev–Trinajstić information content (AvgIpc) is 2.83. The molecule has 0 unspecified atom stereocenters. The van der Waals surface area contributed by atoms with Gasteiger partial charge in [-0.05, 0) is 58.6 Å².